The second kappa shape index (κ2) is 5.58. The van der Waals surface area contributed by atoms with E-state index in [0.717, 1.165) is 4.90 Å². The number of nitrogens with one attached hydrogen (secondary N) is 1. The summed E-state index contributed by atoms with van der Waals surface area (Å²) in [6, 6.07) is 8.40. The Hall–Kier alpha value is -2.54. The molecule has 2 aromatic carbocycles. The molecule has 0 saturated heterocycles. The van der Waals surface area contributed by atoms with Crippen molar-refractivity contribution in [3.05, 3.63) is 63.4 Å². The number of imide groups is 1. The Morgan fingerprint density at radius 3 is 2.52 bits per heavy atom. The molecule has 3 rings (SSSR count). The fourth-order valence-corrected chi connectivity index (χ4v) is 2.67. The maximum absolute atomic E-state index is 13.7. The van der Waals surface area contributed by atoms with Crippen LogP contribution in [0.5, 0.6) is 0 Å². The Morgan fingerprint density at radius 1 is 1.09 bits per heavy atom. The van der Waals surface area contributed by atoms with Gasteiger partial charge in [0.2, 0.25) is 0 Å². The fourth-order valence-electron chi connectivity index (χ4n) is 2.31. The van der Waals surface area contributed by atoms with Crippen LogP contribution in [-0.4, -0.2) is 29.7 Å². The Kier molecular flexibility index (Phi) is 3.73. The van der Waals surface area contributed by atoms with Gasteiger partial charge in [-0.1, -0.05) is 15.9 Å². The highest BCUT2D eigenvalue weighted by molar-refractivity contribution is 9.10. The normalized spacial score (nSPS) is 13.3. The molecule has 3 amide bonds. The van der Waals surface area contributed by atoms with Crippen LogP contribution in [0.15, 0.2) is 40.9 Å². The van der Waals surface area contributed by atoms with E-state index >= 15 is 0 Å². The van der Waals surface area contributed by atoms with Gasteiger partial charge >= 0.3 is 0 Å². The minimum Gasteiger partial charge on any atom is -0.322 e. The van der Waals surface area contributed by atoms with Gasteiger partial charge in [-0.15, -0.1) is 0 Å². The number of benzene rings is 2. The van der Waals surface area contributed by atoms with E-state index in [2.05, 4.69) is 21.2 Å². The first-order valence-electron chi connectivity index (χ1n) is 6.61. The van der Waals surface area contributed by atoms with Crippen molar-refractivity contribution in [2.45, 2.75) is 0 Å². The van der Waals surface area contributed by atoms with Crippen molar-refractivity contribution >= 4 is 39.3 Å². The summed E-state index contributed by atoms with van der Waals surface area (Å²) in [7, 11) is 1.39. The molecule has 0 radical (unpaired) electrons. The van der Waals surface area contributed by atoms with Crippen molar-refractivity contribution in [1.29, 1.82) is 0 Å². The molecule has 116 valence electrons. The summed E-state index contributed by atoms with van der Waals surface area (Å²) >= 11 is 3.18. The number of rotatable bonds is 2. The van der Waals surface area contributed by atoms with Gasteiger partial charge in [0.25, 0.3) is 17.7 Å². The van der Waals surface area contributed by atoms with Gasteiger partial charge in [0.1, 0.15) is 5.82 Å². The third-order valence-electron chi connectivity index (χ3n) is 3.52. The summed E-state index contributed by atoms with van der Waals surface area (Å²) in [5, 5.41) is 2.52. The van der Waals surface area contributed by atoms with E-state index in [1.54, 1.807) is 0 Å². The van der Waals surface area contributed by atoms with Gasteiger partial charge < -0.3 is 5.32 Å². The second-order valence-electron chi connectivity index (χ2n) is 5.01. The highest BCUT2D eigenvalue weighted by atomic mass is 79.9. The van der Waals surface area contributed by atoms with E-state index in [1.807, 2.05) is 0 Å². The molecule has 1 aliphatic rings. The van der Waals surface area contributed by atoms with Crippen molar-refractivity contribution < 1.29 is 18.8 Å². The van der Waals surface area contributed by atoms with Gasteiger partial charge in [-0.2, -0.15) is 0 Å². The van der Waals surface area contributed by atoms with Crippen LogP contribution < -0.4 is 5.32 Å². The molecule has 5 nitrogen and oxygen atoms in total. The minimum absolute atomic E-state index is 0.126. The first-order valence-corrected chi connectivity index (χ1v) is 7.40. The lowest BCUT2D eigenvalue weighted by Crippen LogP contribution is -2.24. The highest BCUT2D eigenvalue weighted by Gasteiger charge is 2.32. The molecule has 1 aliphatic heterocycles. The van der Waals surface area contributed by atoms with Gasteiger partial charge in [0.05, 0.1) is 16.7 Å². The highest BCUT2D eigenvalue weighted by Crippen LogP contribution is 2.25. The summed E-state index contributed by atoms with van der Waals surface area (Å²) in [5.41, 5.74) is 0.679. The van der Waals surface area contributed by atoms with Crippen LogP contribution in [0.25, 0.3) is 0 Å². The predicted octanol–water partition coefficient (Wildman–Crippen LogP) is 3.07. The van der Waals surface area contributed by atoms with E-state index in [0.29, 0.717) is 10.2 Å². The van der Waals surface area contributed by atoms with Gasteiger partial charge in [0, 0.05) is 17.2 Å². The van der Waals surface area contributed by atoms with Crippen LogP contribution in [-0.2, 0) is 0 Å². The minimum atomic E-state index is -0.655. The largest absolute Gasteiger partial charge is 0.322 e. The molecular weight excluding hydrogens is 367 g/mol. The third kappa shape index (κ3) is 2.63. The number of nitrogens with zero attached hydrogens (tertiary/aromatic N) is 1. The number of hydrogen-bond donors (Lipinski definition) is 1. The molecule has 0 atom stereocenters. The molecule has 0 spiro atoms. The van der Waals surface area contributed by atoms with Crippen LogP contribution in [0.2, 0.25) is 0 Å². The number of carbonyl (C=O) groups is 3. The van der Waals surface area contributed by atoms with Gasteiger partial charge in [-0.25, -0.2) is 4.39 Å². The summed E-state index contributed by atoms with van der Waals surface area (Å²) in [6.07, 6.45) is 0. The zero-order valence-corrected chi connectivity index (χ0v) is 13.5. The van der Waals surface area contributed by atoms with Crippen molar-refractivity contribution in [3.8, 4) is 0 Å². The van der Waals surface area contributed by atoms with Crippen LogP contribution >= 0.6 is 15.9 Å². The number of fused-ring (bicyclic) bond motifs is 1. The topological polar surface area (TPSA) is 66.5 Å². The maximum Gasteiger partial charge on any atom is 0.261 e. The van der Waals surface area contributed by atoms with Gasteiger partial charge in [-0.3, -0.25) is 19.3 Å². The molecule has 0 fully saturated rings. The lowest BCUT2D eigenvalue weighted by atomic mass is 10.1. The standard InChI is InChI=1S/C16H10BrFN2O3/c1-20-15(22)10-4-3-9(7-11(10)16(20)23)19-14(21)12-6-8(17)2-5-13(12)18/h2-7H,1H3,(H,19,21). The molecule has 23 heavy (non-hydrogen) atoms. The van der Waals surface area contributed by atoms with Crippen molar-refractivity contribution in [2.75, 3.05) is 12.4 Å². The lowest BCUT2D eigenvalue weighted by molar-refractivity contribution is 0.0692. The molecule has 0 saturated carbocycles. The quantitative estimate of drug-likeness (QED) is 0.819. The Bertz CT molecular complexity index is 866. The van der Waals surface area contributed by atoms with Crippen molar-refractivity contribution in [3.63, 3.8) is 0 Å². The average Bonchev–Trinajstić information content (AvgIpc) is 2.74. The lowest BCUT2D eigenvalue weighted by Gasteiger charge is -2.07. The first-order chi connectivity index (χ1) is 10.9. The van der Waals surface area contributed by atoms with E-state index < -0.39 is 17.6 Å². The Morgan fingerprint density at radius 2 is 1.78 bits per heavy atom. The third-order valence-corrected chi connectivity index (χ3v) is 4.01. The molecular formula is C16H10BrFN2O3. The first kappa shape index (κ1) is 15.4. The fraction of sp³-hybridized carbons (Fsp3) is 0.0625. The summed E-state index contributed by atoms with van der Waals surface area (Å²) < 4.78 is 14.3. The van der Waals surface area contributed by atoms with E-state index in [4.69, 9.17) is 0 Å². The zero-order valence-electron chi connectivity index (χ0n) is 11.9. The summed E-state index contributed by atoms with van der Waals surface area (Å²) in [6.45, 7) is 0. The monoisotopic (exact) mass is 376 g/mol. The van der Waals surface area contributed by atoms with Gasteiger partial charge in [0.15, 0.2) is 0 Å². The van der Waals surface area contributed by atoms with Crippen molar-refractivity contribution in [1.82, 2.24) is 4.90 Å². The van der Waals surface area contributed by atoms with Crippen LogP contribution in [0.3, 0.4) is 0 Å². The van der Waals surface area contributed by atoms with E-state index in [9.17, 15) is 18.8 Å². The molecule has 1 N–H and O–H groups in total. The second-order valence-corrected chi connectivity index (χ2v) is 5.92. The number of hydrogen-bond acceptors (Lipinski definition) is 3. The average molecular weight is 377 g/mol. The number of anilines is 1. The number of carbonyl (C=O) groups excluding carboxylic acids is 3. The number of amides is 3. The molecule has 0 aromatic heterocycles. The van der Waals surface area contributed by atoms with Crippen molar-refractivity contribution in [2.24, 2.45) is 0 Å². The Balaban J connectivity index is 1.90. The van der Waals surface area contributed by atoms with Crippen LogP contribution in [0.4, 0.5) is 10.1 Å². The van der Waals surface area contributed by atoms with Gasteiger partial charge in [-0.05, 0) is 36.4 Å². The molecule has 0 bridgehead atoms. The summed E-state index contributed by atoms with van der Waals surface area (Å²) in [5.74, 6) is -2.12. The number of halogens is 2. The molecule has 7 heteroatoms. The molecule has 0 aliphatic carbocycles. The Labute approximate surface area is 139 Å². The maximum atomic E-state index is 13.7. The van der Waals surface area contributed by atoms with Crippen LogP contribution in [0.1, 0.15) is 31.1 Å². The molecule has 2 aromatic rings. The van der Waals surface area contributed by atoms with E-state index in [-0.39, 0.29) is 22.6 Å². The smallest absolute Gasteiger partial charge is 0.261 e. The molecule has 1 heterocycles. The zero-order chi connectivity index (χ0) is 16.7. The van der Waals surface area contributed by atoms with E-state index in [1.165, 1.54) is 43.4 Å². The predicted molar refractivity (Wildman–Crippen MR) is 84.9 cm³/mol. The SMILES string of the molecule is CN1C(=O)c2ccc(NC(=O)c3cc(Br)ccc3F)cc2C1=O. The van der Waals surface area contributed by atoms with Crippen LogP contribution in [0, 0.1) is 5.82 Å². The molecule has 0 unspecified atom stereocenters. The summed E-state index contributed by atoms with van der Waals surface area (Å²) in [4.78, 5) is 36.9.